The predicted octanol–water partition coefficient (Wildman–Crippen LogP) is 4.59. The molecule has 0 saturated heterocycles. The van der Waals surface area contributed by atoms with Crippen molar-refractivity contribution in [2.45, 2.75) is 38.5 Å². The van der Waals surface area contributed by atoms with Crippen LogP contribution in [0.1, 0.15) is 10.4 Å². The molecule has 0 spiro atoms. The molecule has 0 saturated carbocycles. The summed E-state index contributed by atoms with van der Waals surface area (Å²) in [6.45, 7) is 8.91. The number of fused-ring (bicyclic) bond motifs is 2. The smallest absolute Gasteiger partial charge is 0.337 e. The van der Waals surface area contributed by atoms with Gasteiger partial charge in [-0.1, -0.05) is 31.8 Å². The molecule has 176 valence electrons. The lowest BCUT2D eigenvalue weighted by molar-refractivity contribution is 0.0668. The van der Waals surface area contributed by atoms with Crippen LogP contribution in [0.3, 0.4) is 0 Å². The van der Waals surface area contributed by atoms with Gasteiger partial charge in [0.05, 0.1) is 17.8 Å². The molecule has 33 heavy (non-hydrogen) atoms. The number of rotatable bonds is 8. The first kappa shape index (κ1) is 23.3. The number of aromatic carboxylic acids is 1. The van der Waals surface area contributed by atoms with Crippen molar-refractivity contribution in [2.75, 3.05) is 31.8 Å². The van der Waals surface area contributed by atoms with Crippen molar-refractivity contribution in [1.29, 1.82) is 0 Å². The maximum absolute atomic E-state index is 11.9. The van der Waals surface area contributed by atoms with Crippen LogP contribution in [0.25, 0.3) is 11.0 Å². The van der Waals surface area contributed by atoms with Crippen LogP contribution >= 0.6 is 0 Å². The first-order chi connectivity index (χ1) is 15.8. The number of anilines is 2. The van der Waals surface area contributed by atoms with Gasteiger partial charge in [0, 0.05) is 33.4 Å². The topological polar surface area (TPSA) is 86.1 Å². The number of nitrogens with zero attached hydrogens (tertiary/aromatic N) is 3. The van der Waals surface area contributed by atoms with Gasteiger partial charge in [-0.3, -0.25) is 0 Å². The lowest BCUT2D eigenvalue weighted by Crippen LogP contribution is -2.32. The zero-order valence-electron chi connectivity index (χ0n) is 19.6. The minimum absolute atomic E-state index is 0.216. The molecule has 1 aromatic carbocycles. The molecule has 0 fully saturated rings. The Balaban J connectivity index is 1.70. The Morgan fingerprint density at radius 1 is 1.24 bits per heavy atom. The third-order valence-corrected chi connectivity index (χ3v) is 7.46. The molecule has 1 aliphatic rings. The Labute approximate surface area is 194 Å². The lowest BCUT2D eigenvalue weighted by atomic mass is 10.1. The monoisotopic (exact) mass is 469 g/mol. The van der Waals surface area contributed by atoms with E-state index in [-0.39, 0.29) is 11.7 Å². The molecule has 2 aromatic heterocycles. The lowest BCUT2D eigenvalue weighted by Gasteiger charge is -2.27. The van der Waals surface area contributed by atoms with Crippen molar-refractivity contribution < 1.29 is 24.1 Å². The van der Waals surface area contributed by atoms with Crippen molar-refractivity contribution >= 4 is 36.5 Å². The number of hydrogen-bond acceptors (Lipinski definition) is 6. The third kappa shape index (κ3) is 5.21. The zero-order chi connectivity index (χ0) is 23.6. The Morgan fingerprint density at radius 2 is 2.03 bits per heavy atom. The number of para-hydroxylation sites is 1. The molecule has 1 aliphatic heterocycles. The molecule has 0 bridgehead atoms. The third-order valence-electron chi connectivity index (χ3n) is 5.75. The molecule has 1 N–H and O–H groups in total. The van der Waals surface area contributed by atoms with Crippen LogP contribution in [0.4, 0.5) is 11.4 Å². The standard InChI is InChI=1S/C24H31N3O5Si/c1-30-18-14-27(20-8-6-5-7-19(20)24(28)29)21-13-17-9-10-26(16-31-11-12-33(2,3)4)22(17)25-23(21)32-15-18/h5-10,13,18H,11-12,14-16H2,1-4H3,(H,28,29). The second-order valence-corrected chi connectivity index (χ2v) is 15.1. The molecule has 0 aliphatic carbocycles. The summed E-state index contributed by atoms with van der Waals surface area (Å²) in [6.07, 6.45) is 1.71. The number of carboxylic acid groups (broad SMARTS) is 1. The predicted molar refractivity (Wildman–Crippen MR) is 131 cm³/mol. The highest BCUT2D eigenvalue weighted by atomic mass is 28.3. The van der Waals surface area contributed by atoms with Crippen molar-refractivity contribution in [3.8, 4) is 5.88 Å². The average molecular weight is 470 g/mol. The van der Waals surface area contributed by atoms with Crippen LogP contribution in [-0.2, 0) is 16.2 Å². The average Bonchev–Trinajstić information content (AvgIpc) is 3.07. The Morgan fingerprint density at radius 3 is 2.76 bits per heavy atom. The SMILES string of the molecule is COC1COc2nc3c(ccn3COCC[Si](C)(C)C)cc2N(c2ccccc2C(=O)O)C1. The van der Waals surface area contributed by atoms with E-state index in [1.807, 2.05) is 33.9 Å². The second-order valence-electron chi connectivity index (χ2n) is 9.46. The summed E-state index contributed by atoms with van der Waals surface area (Å²) in [7, 11) is 0.476. The van der Waals surface area contributed by atoms with Crippen LogP contribution in [0.15, 0.2) is 42.6 Å². The summed E-state index contributed by atoms with van der Waals surface area (Å²) < 4.78 is 19.5. The fourth-order valence-electron chi connectivity index (χ4n) is 3.82. The molecule has 1 atom stereocenters. The number of carboxylic acids is 1. The maximum Gasteiger partial charge on any atom is 0.337 e. The van der Waals surface area contributed by atoms with Gasteiger partial charge < -0.3 is 28.8 Å². The number of aromatic nitrogens is 2. The van der Waals surface area contributed by atoms with Gasteiger partial charge >= 0.3 is 5.97 Å². The summed E-state index contributed by atoms with van der Waals surface area (Å²) in [4.78, 5) is 18.6. The molecular weight excluding hydrogens is 438 g/mol. The van der Waals surface area contributed by atoms with Crippen molar-refractivity contribution in [3.63, 3.8) is 0 Å². The molecule has 0 amide bonds. The first-order valence-electron chi connectivity index (χ1n) is 11.1. The number of carbonyl (C=O) groups is 1. The van der Waals surface area contributed by atoms with E-state index in [0.717, 1.165) is 23.7 Å². The largest absolute Gasteiger partial charge is 0.478 e. The highest BCUT2D eigenvalue weighted by Crippen LogP contribution is 2.39. The summed E-state index contributed by atoms with van der Waals surface area (Å²) in [5.74, 6) is -0.536. The van der Waals surface area contributed by atoms with Crippen molar-refractivity contribution in [3.05, 3.63) is 48.2 Å². The molecule has 4 rings (SSSR count). The Hall–Kier alpha value is -2.88. The molecular formula is C24H31N3O5Si. The van der Waals surface area contributed by atoms with Crippen LogP contribution < -0.4 is 9.64 Å². The summed E-state index contributed by atoms with van der Waals surface area (Å²) >= 11 is 0. The van der Waals surface area contributed by atoms with Gasteiger partial charge in [-0.25, -0.2) is 4.79 Å². The normalized spacial score (nSPS) is 16.4. The van der Waals surface area contributed by atoms with E-state index in [9.17, 15) is 9.90 Å². The van der Waals surface area contributed by atoms with Gasteiger partial charge in [0.1, 0.15) is 30.8 Å². The number of methoxy groups -OCH3 is 1. The van der Waals surface area contributed by atoms with Crippen molar-refractivity contribution in [1.82, 2.24) is 9.55 Å². The summed E-state index contributed by atoms with van der Waals surface area (Å²) in [5, 5.41) is 10.7. The number of benzene rings is 1. The molecule has 0 radical (unpaired) electrons. The molecule has 3 heterocycles. The fourth-order valence-corrected chi connectivity index (χ4v) is 4.57. The zero-order valence-corrected chi connectivity index (χ0v) is 20.6. The molecule has 3 aromatic rings. The van der Waals surface area contributed by atoms with Crippen LogP contribution in [0.5, 0.6) is 5.88 Å². The summed E-state index contributed by atoms with van der Waals surface area (Å²) in [5.41, 5.74) is 2.28. The van der Waals surface area contributed by atoms with Gasteiger partial charge in [0.25, 0.3) is 0 Å². The highest BCUT2D eigenvalue weighted by molar-refractivity contribution is 6.76. The van der Waals surface area contributed by atoms with Crippen LogP contribution in [0, 0.1) is 0 Å². The first-order valence-corrected chi connectivity index (χ1v) is 14.8. The Kier molecular flexibility index (Phi) is 6.73. The molecule has 8 nitrogen and oxygen atoms in total. The molecule has 9 heteroatoms. The quantitative estimate of drug-likeness (QED) is 0.381. The minimum Gasteiger partial charge on any atom is -0.478 e. The number of hydrogen-bond donors (Lipinski definition) is 1. The van der Waals surface area contributed by atoms with Crippen LogP contribution in [0.2, 0.25) is 25.7 Å². The van der Waals surface area contributed by atoms with Gasteiger partial charge in [-0.2, -0.15) is 4.98 Å². The van der Waals surface area contributed by atoms with Gasteiger partial charge in [-0.05, 0) is 30.3 Å². The van der Waals surface area contributed by atoms with E-state index in [2.05, 4.69) is 19.6 Å². The maximum atomic E-state index is 11.9. The Bertz CT molecular complexity index is 1140. The van der Waals surface area contributed by atoms with E-state index >= 15 is 0 Å². The van der Waals surface area contributed by atoms with Crippen molar-refractivity contribution in [2.24, 2.45) is 0 Å². The number of ether oxygens (including phenoxy) is 3. The minimum atomic E-state index is -1.15. The van der Waals surface area contributed by atoms with E-state index < -0.39 is 14.0 Å². The number of pyridine rings is 1. The van der Waals surface area contributed by atoms with Gasteiger partial charge in [-0.15, -0.1) is 0 Å². The fraction of sp³-hybridized carbons (Fsp3) is 0.417. The molecule has 1 unspecified atom stereocenters. The van der Waals surface area contributed by atoms with Gasteiger partial charge in [0.15, 0.2) is 0 Å². The van der Waals surface area contributed by atoms with E-state index in [1.54, 1.807) is 25.3 Å². The van der Waals surface area contributed by atoms with Crippen LogP contribution in [-0.4, -0.2) is 61.7 Å². The highest BCUT2D eigenvalue weighted by Gasteiger charge is 2.28. The summed E-state index contributed by atoms with van der Waals surface area (Å²) in [6, 6.07) is 12.0. The van der Waals surface area contributed by atoms with E-state index in [1.165, 1.54) is 0 Å². The van der Waals surface area contributed by atoms with E-state index in [0.29, 0.717) is 37.1 Å². The second kappa shape index (κ2) is 9.54. The van der Waals surface area contributed by atoms with Gasteiger partial charge in [0.2, 0.25) is 5.88 Å². The van der Waals surface area contributed by atoms with E-state index in [4.69, 9.17) is 19.2 Å².